The molecule has 0 unspecified atom stereocenters. The van der Waals surface area contributed by atoms with E-state index in [1.807, 2.05) is 6.07 Å². The Hall–Kier alpha value is -1.85. The zero-order valence-corrected chi connectivity index (χ0v) is 12.9. The van der Waals surface area contributed by atoms with E-state index < -0.39 is 0 Å². The number of fused-ring (bicyclic) bond motifs is 1. The van der Waals surface area contributed by atoms with Crippen LogP contribution in [0.2, 0.25) is 0 Å². The first-order chi connectivity index (χ1) is 10.1. The molecule has 1 aromatic heterocycles. The Morgan fingerprint density at radius 3 is 2.90 bits per heavy atom. The molecule has 0 aliphatic carbocycles. The van der Waals surface area contributed by atoms with Crippen molar-refractivity contribution in [2.24, 2.45) is 0 Å². The van der Waals surface area contributed by atoms with Crippen LogP contribution < -0.4 is 10.6 Å². The molecular formula is C16H23N3O2. The van der Waals surface area contributed by atoms with E-state index in [2.05, 4.69) is 41.6 Å². The molecule has 0 radical (unpaired) electrons. The van der Waals surface area contributed by atoms with Gasteiger partial charge in [-0.1, -0.05) is 6.07 Å². The number of hydrogen-bond acceptors (Lipinski definition) is 3. The van der Waals surface area contributed by atoms with E-state index in [0.717, 1.165) is 11.1 Å². The Morgan fingerprint density at radius 2 is 2.14 bits per heavy atom. The molecule has 5 heteroatoms. The van der Waals surface area contributed by atoms with Crippen LogP contribution in [-0.2, 0) is 16.1 Å². The van der Waals surface area contributed by atoms with Gasteiger partial charge in [-0.05, 0) is 37.1 Å². The van der Waals surface area contributed by atoms with Crippen molar-refractivity contribution in [3.05, 3.63) is 35.0 Å². The summed E-state index contributed by atoms with van der Waals surface area (Å²) in [5, 5.41) is 7.16. The third kappa shape index (κ3) is 4.06. The number of hydrogen-bond donors (Lipinski definition) is 3. The lowest BCUT2D eigenvalue weighted by Gasteiger charge is -2.07. The molecule has 0 atom stereocenters. The van der Waals surface area contributed by atoms with E-state index in [9.17, 15) is 4.79 Å². The fourth-order valence-corrected chi connectivity index (χ4v) is 2.26. The van der Waals surface area contributed by atoms with Crippen molar-refractivity contribution < 1.29 is 9.53 Å². The van der Waals surface area contributed by atoms with Crippen LogP contribution in [0.1, 0.15) is 16.8 Å². The third-order valence-corrected chi connectivity index (χ3v) is 3.63. The summed E-state index contributed by atoms with van der Waals surface area (Å²) in [4.78, 5) is 15.0. The SMILES string of the molecule is COCCNCC(=O)NCc1ccc2[nH]c(C)c(C)c2c1. The summed E-state index contributed by atoms with van der Waals surface area (Å²) in [6, 6.07) is 6.23. The van der Waals surface area contributed by atoms with Gasteiger partial charge in [-0.25, -0.2) is 0 Å². The minimum Gasteiger partial charge on any atom is -0.383 e. The summed E-state index contributed by atoms with van der Waals surface area (Å²) in [6.45, 7) is 6.32. The molecule has 1 aromatic carbocycles. The molecule has 0 spiro atoms. The number of benzene rings is 1. The Bertz CT molecular complexity index is 619. The number of amides is 1. The summed E-state index contributed by atoms with van der Waals surface area (Å²) < 4.78 is 4.91. The number of carbonyl (C=O) groups excluding carboxylic acids is 1. The molecule has 3 N–H and O–H groups in total. The normalized spacial score (nSPS) is 11.0. The van der Waals surface area contributed by atoms with Crippen LogP contribution in [-0.4, -0.2) is 37.7 Å². The number of ether oxygens (including phenoxy) is 1. The standard InChI is InChI=1S/C16H23N3O2/c1-11-12(2)19-15-5-4-13(8-14(11)15)9-18-16(20)10-17-6-7-21-3/h4-5,8,17,19H,6-7,9-10H2,1-3H3,(H,18,20). The lowest BCUT2D eigenvalue weighted by Crippen LogP contribution is -2.34. The quantitative estimate of drug-likeness (QED) is 0.679. The highest BCUT2D eigenvalue weighted by Gasteiger charge is 2.06. The van der Waals surface area contributed by atoms with Crippen LogP contribution in [0, 0.1) is 13.8 Å². The van der Waals surface area contributed by atoms with Gasteiger partial charge in [0.1, 0.15) is 0 Å². The van der Waals surface area contributed by atoms with Crippen molar-refractivity contribution in [1.82, 2.24) is 15.6 Å². The molecule has 21 heavy (non-hydrogen) atoms. The number of methoxy groups -OCH3 is 1. The van der Waals surface area contributed by atoms with Crippen LogP contribution in [0.5, 0.6) is 0 Å². The summed E-state index contributed by atoms with van der Waals surface area (Å²) in [6.07, 6.45) is 0. The highest BCUT2D eigenvalue weighted by atomic mass is 16.5. The monoisotopic (exact) mass is 289 g/mol. The second-order valence-corrected chi connectivity index (χ2v) is 5.20. The van der Waals surface area contributed by atoms with Gasteiger partial charge in [0.2, 0.25) is 5.91 Å². The van der Waals surface area contributed by atoms with Crippen LogP contribution in [0.15, 0.2) is 18.2 Å². The van der Waals surface area contributed by atoms with E-state index in [-0.39, 0.29) is 5.91 Å². The minimum atomic E-state index is -0.00632. The summed E-state index contributed by atoms with van der Waals surface area (Å²) in [5.74, 6) is -0.00632. The van der Waals surface area contributed by atoms with Crippen LogP contribution in [0.25, 0.3) is 10.9 Å². The van der Waals surface area contributed by atoms with Crippen molar-refractivity contribution >= 4 is 16.8 Å². The largest absolute Gasteiger partial charge is 0.383 e. The summed E-state index contributed by atoms with van der Waals surface area (Å²) in [7, 11) is 1.64. The number of rotatable bonds is 7. The molecule has 1 heterocycles. The topological polar surface area (TPSA) is 66.2 Å². The molecule has 0 saturated carbocycles. The van der Waals surface area contributed by atoms with E-state index in [1.165, 1.54) is 16.6 Å². The number of aromatic nitrogens is 1. The molecule has 0 saturated heterocycles. The van der Waals surface area contributed by atoms with Gasteiger partial charge in [-0.3, -0.25) is 4.79 Å². The molecule has 0 fully saturated rings. The maximum atomic E-state index is 11.7. The van der Waals surface area contributed by atoms with Crippen molar-refractivity contribution in [1.29, 1.82) is 0 Å². The van der Waals surface area contributed by atoms with Crippen molar-refractivity contribution in [2.45, 2.75) is 20.4 Å². The zero-order chi connectivity index (χ0) is 15.2. The zero-order valence-electron chi connectivity index (χ0n) is 12.9. The molecule has 114 valence electrons. The number of aromatic amines is 1. The molecule has 0 bridgehead atoms. The fraction of sp³-hybridized carbons (Fsp3) is 0.438. The second kappa shape index (κ2) is 7.24. The number of nitrogens with one attached hydrogen (secondary N) is 3. The van der Waals surface area contributed by atoms with E-state index in [4.69, 9.17) is 4.74 Å². The Kier molecular flexibility index (Phi) is 5.36. The molecule has 5 nitrogen and oxygen atoms in total. The fourth-order valence-electron chi connectivity index (χ4n) is 2.26. The molecule has 2 rings (SSSR count). The molecule has 2 aromatic rings. The van der Waals surface area contributed by atoms with Gasteiger partial charge in [0.15, 0.2) is 0 Å². The molecule has 0 aliphatic rings. The number of carbonyl (C=O) groups is 1. The lowest BCUT2D eigenvalue weighted by atomic mass is 10.1. The molecule has 1 amide bonds. The highest BCUT2D eigenvalue weighted by molar-refractivity contribution is 5.85. The van der Waals surface area contributed by atoms with Gasteiger partial charge in [0.25, 0.3) is 0 Å². The van der Waals surface area contributed by atoms with Crippen molar-refractivity contribution in [3.8, 4) is 0 Å². The number of aryl methyl sites for hydroxylation is 2. The van der Waals surface area contributed by atoms with Gasteiger partial charge in [-0.15, -0.1) is 0 Å². The maximum Gasteiger partial charge on any atom is 0.234 e. The van der Waals surface area contributed by atoms with Gasteiger partial charge in [0.05, 0.1) is 13.2 Å². The minimum absolute atomic E-state index is 0.00632. The van der Waals surface area contributed by atoms with E-state index in [1.54, 1.807) is 7.11 Å². The van der Waals surface area contributed by atoms with Crippen LogP contribution in [0.3, 0.4) is 0 Å². The Labute approximate surface area is 125 Å². The predicted octanol–water partition coefficient (Wildman–Crippen LogP) is 1.64. The van der Waals surface area contributed by atoms with Gasteiger partial charge < -0.3 is 20.4 Å². The van der Waals surface area contributed by atoms with E-state index >= 15 is 0 Å². The average molecular weight is 289 g/mol. The Morgan fingerprint density at radius 1 is 1.33 bits per heavy atom. The lowest BCUT2D eigenvalue weighted by molar-refractivity contribution is -0.120. The van der Waals surface area contributed by atoms with E-state index in [0.29, 0.717) is 26.2 Å². The molecule has 0 aliphatic heterocycles. The second-order valence-electron chi connectivity index (χ2n) is 5.20. The summed E-state index contributed by atoms with van der Waals surface area (Å²) >= 11 is 0. The van der Waals surface area contributed by atoms with Gasteiger partial charge in [0, 0.05) is 36.8 Å². The first kappa shape index (κ1) is 15.5. The first-order valence-corrected chi connectivity index (χ1v) is 7.16. The van der Waals surface area contributed by atoms with Crippen LogP contribution >= 0.6 is 0 Å². The van der Waals surface area contributed by atoms with Crippen molar-refractivity contribution in [3.63, 3.8) is 0 Å². The summed E-state index contributed by atoms with van der Waals surface area (Å²) in [5.41, 5.74) is 4.70. The average Bonchev–Trinajstić information content (AvgIpc) is 2.76. The van der Waals surface area contributed by atoms with Crippen LogP contribution in [0.4, 0.5) is 0 Å². The third-order valence-electron chi connectivity index (χ3n) is 3.63. The Balaban J connectivity index is 1.88. The highest BCUT2D eigenvalue weighted by Crippen LogP contribution is 2.22. The number of H-pyrrole nitrogens is 1. The predicted molar refractivity (Wildman–Crippen MR) is 84.4 cm³/mol. The van der Waals surface area contributed by atoms with Gasteiger partial charge >= 0.3 is 0 Å². The smallest absolute Gasteiger partial charge is 0.234 e. The van der Waals surface area contributed by atoms with Crippen molar-refractivity contribution in [2.75, 3.05) is 26.8 Å². The molecular weight excluding hydrogens is 266 g/mol. The maximum absolute atomic E-state index is 11.7. The first-order valence-electron chi connectivity index (χ1n) is 7.16. The van der Waals surface area contributed by atoms with Gasteiger partial charge in [-0.2, -0.15) is 0 Å².